The molecule has 0 radical (unpaired) electrons. The van der Waals surface area contributed by atoms with Gasteiger partial charge in [-0.25, -0.2) is 0 Å². The monoisotopic (exact) mass is 779 g/mol. The lowest BCUT2D eigenvalue weighted by molar-refractivity contribution is -0.126. The minimum absolute atomic E-state index is 0.00382. The van der Waals surface area contributed by atoms with E-state index in [-0.39, 0.29) is 23.2 Å². The molecule has 2 aliphatic rings. The average Bonchev–Trinajstić information content (AvgIpc) is 3.78. The Labute approximate surface area is 316 Å². The van der Waals surface area contributed by atoms with Crippen molar-refractivity contribution in [2.24, 2.45) is 5.92 Å². The number of halogens is 1. The molecule has 3 N–H and O–H groups in total. The second-order valence-corrected chi connectivity index (χ2v) is 12.3. The van der Waals surface area contributed by atoms with E-state index in [4.69, 9.17) is 61.0 Å². The number of terminal acetylenes is 1. The molecule has 0 aromatic carbocycles. The predicted molar refractivity (Wildman–Crippen MR) is 206 cm³/mol. The van der Waals surface area contributed by atoms with Crippen molar-refractivity contribution in [1.29, 1.82) is 0 Å². The Kier molecular flexibility index (Phi) is 30.9. The van der Waals surface area contributed by atoms with Gasteiger partial charge in [0.15, 0.2) is 14.0 Å². The summed E-state index contributed by atoms with van der Waals surface area (Å²) < 4.78 is 39.6. The molecular formula is C35H63ClN5O10P. The van der Waals surface area contributed by atoms with E-state index in [2.05, 4.69) is 21.2 Å². The molecule has 2 aromatic rings. The minimum atomic E-state index is -1.08. The Bertz CT molecular complexity index is 1220. The van der Waals surface area contributed by atoms with Crippen LogP contribution in [0.5, 0.6) is 0 Å². The first-order valence-electron chi connectivity index (χ1n) is 18.0. The lowest BCUT2D eigenvalue weighted by atomic mass is 9.99. The van der Waals surface area contributed by atoms with Crippen molar-refractivity contribution in [2.75, 3.05) is 104 Å². The van der Waals surface area contributed by atoms with Gasteiger partial charge >= 0.3 is 0 Å². The number of fused-ring (bicyclic) bond motifs is 1. The summed E-state index contributed by atoms with van der Waals surface area (Å²) in [7, 11) is -0.0842. The molecule has 15 nitrogen and oxygen atoms in total. The Morgan fingerprint density at radius 2 is 1.62 bits per heavy atom. The van der Waals surface area contributed by atoms with Crippen LogP contribution in [-0.2, 0) is 37.7 Å². The Balaban J connectivity index is 0.00000161. The van der Waals surface area contributed by atoms with Gasteiger partial charge in [0.2, 0.25) is 17.6 Å². The molecule has 3 atom stereocenters. The number of aliphatic hydroxyl groups is 1. The number of aromatic nitrogens is 3. The highest BCUT2D eigenvalue weighted by Gasteiger charge is 2.35. The number of carbonyl (C=O) groups is 1. The standard InChI is InChI=1S/C25H34ClN5O7.C5H13O2P.2C2H6.CH4O/c1-3-7-33-9-11-35-13-14-36-12-10-34-8-5-27-23(32)19-15-30(16-19)21-20-4-6-31(22(20)29-24(26)28-21)25-37-17-18(2)38-25;1-3-5-7-8(6)4-2;3*1-2/h1,4,6,18-19,25H,5,7-17H2,2H3,(H,27,32);6H,3-5H2,1-2H3;2*1-2H3;2H,1H3. The third-order valence-corrected chi connectivity index (χ3v) is 7.88. The Hall–Kier alpha value is -2.19. The molecule has 0 bridgehead atoms. The zero-order chi connectivity index (χ0) is 39.1. The van der Waals surface area contributed by atoms with Crippen LogP contribution < -0.4 is 10.2 Å². The number of nitrogens with zero attached hydrogens (tertiary/aromatic N) is 4. The number of amides is 1. The summed E-state index contributed by atoms with van der Waals surface area (Å²) in [4.78, 5) is 32.2. The molecule has 3 unspecified atom stereocenters. The fourth-order valence-corrected chi connectivity index (χ4v) is 5.07. The molecule has 2 fully saturated rings. The molecule has 2 saturated heterocycles. The molecule has 52 heavy (non-hydrogen) atoms. The molecule has 0 aliphatic carbocycles. The summed E-state index contributed by atoms with van der Waals surface area (Å²) in [5, 5.41) is 10.9. The van der Waals surface area contributed by atoms with Crippen molar-refractivity contribution in [3.63, 3.8) is 0 Å². The van der Waals surface area contributed by atoms with Gasteiger partial charge < -0.3 is 53.2 Å². The number of hydrogen-bond acceptors (Lipinski definition) is 13. The molecule has 4 rings (SSSR count). The van der Waals surface area contributed by atoms with Crippen molar-refractivity contribution in [2.45, 2.75) is 67.4 Å². The van der Waals surface area contributed by atoms with Crippen molar-refractivity contribution in [3.8, 4) is 12.3 Å². The number of nitrogens with one attached hydrogen (secondary N) is 1. The van der Waals surface area contributed by atoms with Crippen molar-refractivity contribution < 1.29 is 47.7 Å². The largest absolute Gasteiger partial charge is 0.400 e. The second-order valence-electron chi connectivity index (χ2n) is 10.4. The third kappa shape index (κ3) is 19.2. The van der Waals surface area contributed by atoms with Crippen LogP contribution in [0.15, 0.2) is 12.3 Å². The lowest BCUT2D eigenvalue weighted by Crippen LogP contribution is -2.54. The van der Waals surface area contributed by atoms with Gasteiger partial charge in [-0.2, -0.15) is 9.97 Å². The topological polar surface area (TPSA) is 168 Å². The number of anilines is 1. The SMILES string of the molecule is C#CCOCCOCCOCCOCCNC(=O)C1CN(c2nc(Cl)nc3c2ccn3C2OCC(C)O2)C1.CC.CC.CCCOP(O)CC.CO. The number of ether oxygens (including phenoxy) is 6. The summed E-state index contributed by atoms with van der Waals surface area (Å²) in [6.07, 6.45) is 8.12. The summed E-state index contributed by atoms with van der Waals surface area (Å²) in [6, 6.07) is 1.91. The highest BCUT2D eigenvalue weighted by atomic mass is 35.5. The van der Waals surface area contributed by atoms with Gasteiger partial charge in [0, 0.05) is 39.1 Å². The fraction of sp³-hybridized carbons (Fsp3) is 0.743. The van der Waals surface area contributed by atoms with Crippen LogP contribution in [-0.4, -0.2) is 136 Å². The van der Waals surface area contributed by atoms with E-state index < -0.39 is 14.8 Å². The van der Waals surface area contributed by atoms with E-state index in [1.165, 1.54) is 0 Å². The van der Waals surface area contributed by atoms with E-state index in [1.807, 2.05) is 65.6 Å². The third-order valence-electron chi connectivity index (χ3n) is 6.69. The highest BCUT2D eigenvalue weighted by molar-refractivity contribution is 7.46. The van der Waals surface area contributed by atoms with E-state index in [1.54, 1.807) is 4.57 Å². The van der Waals surface area contributed by atoms with Gasteiger partial charge in [-0.05, 0) is 31.0 Å². The van der Waals surface area contributed by atoms with Crippen LogP contribution in [0.1, 0.15) is 61.3 Å². The quantitative estimate of drug-likeness (QED) is 0.0738. The van der Waals surface area contributed by atoms with Crippen LogP contribution in [0.4, 0.5) is 5.82 Å². The second kappa shape index (κ2) is 32.3. The maximum absolute atomic E-state index is 12.5. The maximum atomic E-state index is 12.5. The van der Waals surface area contributed by atoms with Crippen LogP contribution in [0.3, 0.4) is 0 Å². The van der Waals surface area contributed by atoms with Crippen LogP contribution in [0.2, 0.25) is 5.28 Å². The summed E-state index contributed by atoms with van der Waals surface area (Å²) >= 11 is 6.22. The fourth-order valence-electron chi connectivity index (χ4n) is 4.33. The number of hydrogen-bond donors (Lipinski definition) is 3. The first-order chi connectivity index (χ1) is 25.4. The molecule has 300 valence electrons. The first-order valence-corrected chi connectivity index (χ1v) is 19.8. The minimum Gasteiger partial charge on any atom is -0.400 e. The molecule has 1 amide bonds. The van der Waals surface area contributed by atoms with Gasteiger partial charge in [0.05, 0.1) is 76.9 Å². The Morgan fingerprint density at radius 3 is 2.15 bits per heavy atom. The first kappa shape index (κ1) is 49.8. The van der Waals surface area contributed by atoms with Crippen molar-refractivity contribution in [1.82, 2.24) is 19.9 Å². The Morgan fingerprint density at radius 1 is 1.02 bits per heavy atom. The molecule has 0 spiro atoms. The van der Waals surface area contributed by atoms with E-state index in [0.717, 1.165) is 25.1 Å². The predicted octanol–water partition coefficient (Wildman–Crippen LogP) is 4.63. The van der Waals surface area contributed by atoms with E-state index in [0.29, 0.717) is 97.2 Å². The van der Waals surface area contributed by atoms with Gasteiger partial charge in [-0.1, -0.05) is 47.5 Å². The van der Waals surface area contributed by atoms with Crippen molar-refractivity contribution in [3.05, 3.63) is 17.5 Å². The smallest absolute Gasteiger partial charge is 0.245 e. The van der Waals surface area contributed by atoms with E-state index >= 15 is 0 Å². The van der Waals surface area contributed by atoms with Gasteiger partial charge in [-0.3, -0.25) is 9.36 Å². The maximum Gasteiger partial charge on any atom is 0.245 e. The normalized spacial score (nSPS) is 16.8. The summed E-state index contributed by atoms with van der Waals surface area (Å²) in [5.74, 6) is 2.94. The van der Waals surface area contributed by atoms with Gasteiger partial charge in [-0.15, -0.1) is 6.42 Å². The van der Waals surface area contributed by atoms with Gasteiger partial charge in [0.25, 0.3) is 0 Å². The molecular weight excluding hydrogens is 717 g/mol. The zero-order valence-electron chi connectivity index (χ0n) is 32.3. The van der Waals surface area contributed by atoms with Crippen LogP contribution in [0.25, 0.3) is 11.0 Å². The lowest BCUT2D eigenvalue weighted by Gasteiger charge is -2.39. The zero-order valence-corrected chi connectivity index (χ0v) is 34.0. The molecule has 2 aliphatic heterocycles. The van der Waals surface area contributed by atoms with Crippen LogP contribution in [0, 0.1) is 18.3 Å². The van der Waals surface area contributed by atoms with Gasteiger partial charge in [0.1, 0.15) is 12.4 Å². The number of aliphatic hydroxyl groups excluding tert-OH is 1. The molecule has 2 aromatic heterocycles. The number of rotatable bonds is 20. The molecule has 4 heterocycles. The molecule has 17 heteroatoms. The van der Waals surface area contributed by atoms with Crippen LogP contribution >= 0.6 is 20.0 Å². The molecule has 0 saturated carbocycles. The van der Waals surface area contributed by atoms with E-state index in [9.17, 15) is 4.79 Å². The van der Waals surface area contributed by atoms with Crippen molar-refractivity contribution >= 4 is 42.7 Å². The highest BCUT2D eigenvalue weighted by Crippen LogP contribution is 2.34. The average molecular weight is 780 g/mol. The summed E-state index contributed by atoms with van der Waals surface area (Å²) in [5.41, 5.74) is 0.631. The summed E-state index contributed by atoms with van der Waals surface area (Å²) in [6.45, 7) is 20.1. The number of carbonyl (C=O) groups excluding carboxylic acids is 1.